The van der Waals surface area contributed by atoms with Crippen molar-refractivity contribution < 1.29 is 31.9 Å². The quantitative estimate of drug-likeness (QED) is 0.197. The van der Waals surface area contributed by atoms with Crippen LogP contribution in [0.15, 0.2) is 87.1 Å². The molecule has 3 aromatic carbocycles. The first-order valence-corrected chi connectivity index (χ1v) is 15.2. The number of hydrogen-bond acceptors (Lipinski definition) is 6. The largest absolute Gasteiger partial charge is 0.416 e. The van der Waals surface area contributed by atoms with Crippen LogP contribution < -0.4 is 15.1 Å². The molecule has 0 radical (unpaired) electrons. The fourth-order valence-corrected chi connectivity index (χ4v) is 8.28. The Balaban J connectivity index is 1.40. The summed E-state index contributed by atoms with van der Waals surface area (Å²) >= 11 is 5.16. The normalized spacial score (nSPS) is 19.7. The van der Waals surface area contributed by atoms with E-state index in [0.717, 1.165) is 50.7 Å². The van der Waals surface area contributed by atoms with Gasteiger partial charge in [-0.15, -0.1) is 0 Å². The van der Waals surface area contributed by atoms with Crippen LogP contribution >= 0.6 is 39.0 Å². The number of aromatic nitrogens is 1. The molecule has 220 valence electrons. The molecule has 0 bridgehead atoms. The van der Waals surface area contributed by atoms with E-state index in [0.29, 0.717) is 21.2 Å². The lowest BCUT2D eigenvalue weighted by Crippen LogP contribution is -2.33. The van der Waals surface area contributed by atoms with Gasteiger partial charge in [-0.05, 0) is 60.2 Å². The number of hydrogen-bond donors (Lipinski definition) is 1. The van der Waals surface area contributed by atoms with E-state index in [4.69, 9.17) is 0 Å². The molecule has 7 nitrogen and oxygen atoms in total. The van der Waals surface area contributed by atoms with Crippen molar-refractivity contribution >= 4 is 68.1 Å². The van der Waals surface area contributed by atoms with E-state index in [1.807, 2.05) is 0 Å². The van der Waals surface area contributed by atoms with Crippen LogP contribution in [0.3, 0.4) is 0 Å². The average Bonchev–Trinajstić information content (AvgIpc) is 3.40. The second kappa shape index (κ2) is 11.1. The fourth-order valence-electron chi connectivity index (χ4n) is 5.24. The lowest BCUT2D eigenvalue weighted by Gasteiger charge is -2.30. The van der Waals surface area contributed by atoms with Crippen molar-refractivity contribution in [1.29, 1.82) is 0 Å². The zero-order valence-electron chi connectivity index (χ0n) is 21.6. The maximum atomic E-state index is 13.9. The maximum absolute atomic E-state index is 13.9. The monoisotopic (exact) mass is 691 g/mol. The highest BCUT2D eigenvalue weighted by Gasteiger charge is 2.57. The number of amides is 3. The van der Waals surface area contributed by atoms with E-state index < -0.39 is 63.8 Å². The Morgan fingerprint density at radius 1 is 0.953 bits per heavy atom. The number of carbonyl (C=O) groups excluding carboxylic acids is 3. The predicted octanol–water partition coefficient (Wildman–Crippen LogP) is 6.26. The van der Waals surface area contributed by atoms with Crippen LogP contribution in [0.5, 0.6) is 0 Å². The topological polar surface area (TPSA) is 88.5 Å². The Morgan fingerprint density at radius 3 is 2.33 bits per heavy atom. The Morgan fingerprint density at radius 2 is 1.65 bits per heavy atom. The number of thiazole rings is 1. The maximum Gasteiger partial charge on any atom is 0.416 e. The molecule has 14 heteroatoms. The summed E-state index contributed by atoms with van der Waals surface area (Å²) in [5.74, 6) is -4.24. The van der Waals surface area contributed by atoms with Crippen LogP contribution in [0.1, 0.15) is 21.9 Å². The number of nitrogens with zero attached hydrogens (tertiary/aromatic N) is 2. The smallest absolute Gasteiger partial charge is 0.325 e. The molecule has 2 aliphatic rings. The van der Waals surface area contributed by atoms with Crippen molar-refractivity contribution in [1.82, 2.24) is 4.57 Å². The number of alkyl halides is 3. The van der Waals surface area contributed by atoms with Gasteiger partial charge in [0.2, 0.25) is 17.7 Å². The minimum absolute atomic E-state index is 0.200. The van der Waals surface area contributed by atoms with Crippen molar-refractivity contribution in [2.75, 3.05) is 10.2 Å². The highest BCUT2D eigenvalue weighted by atomic mass is 79.9. The molecule has 0 saturated carbocycles. The first-order valence-electron chi connectivity index (χ1n) is 12.7. The Labute approximate surface area is 257 Å². The van der Waals surface area contributed by atoms with Gasteiger partial charge in [0.25, 0.3) is 0 Å². The van der Waals surface area contributed by atoms with Gasteiger partial charge in [-0.25, -0.2) is 9.29 Å². The number of imide groups is 1. The first kappa shape index (κ1) is 29.3. The number of halogens is 5. The van der Waals surface area contributed by atoms with Gasteiger partial charge in [-0.3, -0.25) is 23.7 Å². The summed E-state index contributed by atoms with van der Waals surface area (Å²) in [5.41, 5.74) is -0.264. The third-order valence-electron chi connectivity index (χ3n) is 7.14. The first-order chi connectivity index (χ1) is 20.4. The van der Waals surface area contributed by atoms with E-state index in [9.17, 15) is 36.7 Å². The molecule has 3 amide bonds. The van der Waals surface area contributed by atoms with Gasteiger partial charge in [0, 0.05) is 21.0 Å². The Kier molecular flexibility index (Phi) is 7.55. The highest BCUT2D eigenvalue weighted by Crippen LogP contribution is 2.54. The molecule has 0 aliphatic carbocycles. The molecule has 4 aromatic rings. The minimum atomic E-state index is -4.68. The second-order valence-corrected chi connectivity index (χ2v) is 12.9. The second-order valence-electron chi connectivity index (χ2n) is 9.83. The van der Waals surface area contributed by atoms with Crippen molar-refractivity contribution in [2.24, 2.45) is 5.92 Å². The molecule has 3 heterocycles. The lowest BCUT2D eigenvalue weighted by atomic mass is 9.83. The van der Waals surface area contributed by atoms with E-state index in [-0.39, 0.29) is 5.69 Å². The van der Waals surface area contributed by atoms with Gasteiger partial charge in [-0.2, -0.15) is 13.2 Å². The van der Waals surface area contributed by atoms with Crippen molar-refractivity contribution in [2.45, 2.75) is 28.9 Å². The van der Waals surface area contributed by atoms with Crippen LogP contribution in [0.25, 0.3) is 0 Å². The van der Waals surface area contributed by atoms with Crippen molar-refractivity contribution in [3.05, 3.63) is 109 Å². The molecule has 1 N–H and O–H groups in total. The summed E-state index contributed by atoms with van der Waals surface area (Å²) in [6.07, 6.45) is -4.68. The zero-order chi connectivity index (χ0) is 30.6. The summed E-state index contributed by atoms with van der Waals surface area (Å²) in [7, 11) is 0. The van der Waals surface area contributed by atoms with Crippen LogP contribution in [-0.4, -0.2) is 27.5 Å². The van der Waals surface area contributed by atoms with Crippen LogP contribution in [-0.2, 0) is 27.1 Å². The molecule has 1 aromatic heterocycles. The molecule has 0 unspecified atom stereocenters. The zero-order valence-corrected chi connectivity index (χ0v) is 24.8. The fraction of sp³-hybridized carbons (Fsp3) is 0.172. The molecule has 43 heavy (non-hydrogen) atoms. The summed E-state index contributed by atoms with van der Waals surface area (Å²) in [6.45, 7) is -0.418. The number of anilines is 2. The summed E-state index contributed by atoms with van der Waals surface area (Å²) in [4.78, 5) is 54.5. The van der Waals surface area contributed by atoms with E-state index in [1.54, 1.807) is 24.3 Å². The molecular weight excluding hydrogens is 674 g/mol. The Hall–Kier alpha value is -3.75. The number of benzene rings is 3. The average molecular weight is 693 g/mol. The number of rotatable bonds is 5. The van der Waals surface area contributed by atoms with Crippen molar-refractivity contribution in [3.8, 4) is 0 Å². The molecule has 3 atom stereocenters. The minimum Gasteiger partial charge on any atom is -0.325 e. The summed E-state index contributed by atoms with van der Waals surface area (Å²) in [6, 6.07) is 16.1. The molecule has 2 aliphatic heterocycles. The summed E-state index contributed by atoms with van der Waals surface area (Å²) in [5, 5.41) is 1.86. The SMILES string of the molecule is O=C(Cn1c2c(sc1=O)[C@@H](c1ccc(Br)cc1)[C@@H]1C(=O)N(c3cccc(C(F)(F)F)c3)C(=O)[C@@H]1S2)Nc1ccc(F)cc1. The number of fused-ring (bicyclic) bond motifs is 2. The summed E-state index contributed by atoms with van der Waals surface area (Å²) < 4.78 is 55.6. The third-order valence-corrected chi connectivity index (χ3v) is 10.3. The van der Waals surface area contributed by atoms with Crippen LogP contribution in [0.2, 0.25) is 0 Å². The van der Waals surface area contributed by atoms with Crippen LogP contribution in [0, 0.1) is 11.7 Å². The molecular formula is C29H18BrF4N3O4S2. The van der Waals surface area contributed by atoms with E-state index in [2.05, 4.69) is 21.2 Å². The van der Waals surface area contributed by atoms with Crippen LogP contribution in [0.4, 0.5) is 28.9 Å². The van der Waals surface area contributed by atoms with Gasteiger partial charge >= 0.3 is 11.0 Å². The van der Waals surface area contributed by atoms with Gasteiger partial charge in [0.05, 0.1) is 22.2 Å². The molecule has 6 rings (SSSR count). The van der Waals surface area contributed by atoms with Gasteiger partial charge in [-0.1, -0.05) is 57.2 Å². The van der Waals surface area contributed by atoms with E-state index in [1.165, 1.54) is 34.9 Å². The predicted molar refractivity (Wildman–Crippen MR) is 157 cm³/mol. The van der Waals surface area contributed by atoms with Gasteiger partial charge < -0.3 is 5.32 Å². The third kappa shape index (κ3) is 5.43. The molecule has 1 fully saturated rings. The van der Waals surface area contributed by atoms with Crippen molar-refractivity contribution in [3.63, 3.8) is 0 Å². The van der Waals surface area contributed by atoms with Gasteiger partial charge in [0.1, 0.15) is 17.6 Å². The highest BCUT2D eigenvalue weighted by molar-refractivity contribution is 9.10. The number of thioether (sulfide) groups is 1. The molecule has 1 saturated heterocycles. The lowest BCUT2D eigenvalue weighted by molar-refractivity contribution is -0.137. The number of nitrogens with one attached hydrogen (secondary N) is 1. The van der Waals surface area contributed by atoms with Gasteiger partial charge in [0.15, 0.2) is 0 Å². The Bertz CT molecular complexity index is 1820. The number of carbonyl (C=O) groups is 3. The standard InChI is InChI=1S/C29H18BrF4N3O4S2/c30-16-6-4-14(5-7-16)21-22-23(26(40)37(25(22)39)19-3-1-2-15(12-19)29(32,33)34)42-27-24(21)43-28(41)36(27)13-20(38)35-18-10-8-17(31)9-11-18/h1-12,21-23H,13H2,(H,35,38)/t21-,22-,23+/m0/s1. The molecule has 0 spiro atoms. The van der Waals surface area contributed by atoms with E-state index >= 15 is 0 Å².